The molecule has 1 atom stereocenters. The van der Waals surface area contributed by atoms with Crippen molar-refractivity contribution in [3.63, 3.8) is 0 Å². The second kappa shape index (κ2) is 7.07. The van der Waals surface area contributed by atoms with Gasteiger partial charge in [0, 0.05) is 12.3 Å². The molecular weight excluding hydrogens is 226 g/mol. The lowest BCUT2D eigenvalue weighted by Crippen LogP contribution is -2.22. The van der Waals surface area contributed by atoms with Gasteiger partial charge in [-0.3, -0.25) is 0 Å². The van der Waals surface area contributed by atoms with Gasteiger partial charge in [-0.15, -0.1) is 0 Å². The molecule has 3 heteroatoms. The van der Waals surface area contributed by atoms with Gasteiger partial charge in [-0.05, 0) is 43.5 Å². The van der Waals surface area contributed by atoms with Crippen LogP contribution in [0.1, 0.15) is 25.3 Å². The van der Waals surface area contributed by atoms with E-state index in [1.807, 2.05) is 6.92 Å². The fourth-order valence-electron chi connectivity index (χ4n) is 1.91. The van der Waals surface area contributed by atoms with Crippen LogP contribution in [0.3, 0.4) is 0 Å². The zero-order chi connectivity index (χ0) is 12.6. The lowest BCUT2D eigenvalue weighted by molar-refractivity contribution is 0.134. The quantitative estimate of drug-likeness (QED) is 0.836. The van der Waals surface area contributed by atoms with Gasteiger partial charge >= 0.3 is 0 Å². The average Bonchev–Trinajstić information content (AvgIpc) is 2.45. The Labute approximate surface area is 109 Å². The van der Waals surface area contributed by atoms with Crippen molar-refractivity contribution in [3.05, 3.63) is 42.2 Å². The van der Waals surface area contributed by atoms with E-state index in [2.05, 4.69) is 35.7 Å². The van der Waals surface area contributed by atoms with Gasteiger partial charge in [0.05, 0.1) is 19.4 Å². The molecule has 98 valence electrons. The number of allylic oxidation sites excluding steroid dienone is 1. The van der Waals surface area contributed by atoms with Crippen LogP contribution in [0.5, 0.6) is 0 Å². The van der Waals surface area contributed by atoms with Crippen LogP contribution in [0.4, 0.5) is 5.69 Å². The molecule has 0 unspecified atom stereocenters. The third-order valence-electron chi connectivity index (χ3n) is 2.98. The van der Waals surface area contributed by atoms with E-state index >= 15 is 0 Å². The van der Waals surface area contributed by atoms with Crippen LogP contribution in [0.2, 0.25) is 0 Å². The fourth-order valence-corrected chi connectivity index (χ4v) is 1.91. The van der Waals surface area contributed by atoms with E-state index in [0.29, 0.717) is 6.61 Å². The molecular formula is C15H21NO2. The van der Waals surface area contributed by atoms with Gasteiger partial charge in [0.1, 0.15) is 6.10 Å². The fraction of sp³-hybridized carbons (Fsp3) is 0.467. The summed E-state index contributed by atoms with van der Waals surface area (Å²) in [5.74, 6) is 0. The minimum absolute atomic E-state index is 0.290. The molecule has 0 saturated carbocycles. The zero-order valence-electron chi connectivity index (χ0n) is 10.9. The largest absolute Gasteiger partial charge is 0.497 e. The number of anilines is 1. The zero-order valence-corrected chi connectivity index (χ0v) is 10.9. The molecule has 18 heavy (non-hydrogen) atoms. The van der Waals surface area contributed by atoms with E-state index in [0.717, 1.165) is 31.7 Å². The van der Waals surface area contributed by atoms with Crippen LogP contribution in [0.25, 0.3) is 0 Å². The summed E-state index contributed by atoms with van der Waals surface area (Å²) in [6, 6.07) is 8.37. The first kappa shape index (κ1) is 13.0. The number of nitrogens with one attached hydrogen (secondary N) is 1. The second-order valence-electron chi connectivity index (χ2n) is 4.42. The van der Waals surface area contributed by atoms with Crippen molar-refractivity contribution in [2.24, 2.45) is 0 Å². The topological polar surface area (TPSA) is 30.5 Å². The molecule has 0 fully saturated rings. The Kier molecular flexibility index (Phi) is 5.09. The molecule has 1 aromatic carbocycles. The van der Waals surface area contributed by atoms with Gasteiger partial charge in [-0.1, -0.05) is 12.1 Å². The maximum Gasteiger partial charge on any atom is 0.115 e. The first-order valence-electron chi connectivity index (χ1n) is 6.59. The molecule has 0 amide bonds. The van der Waals surface area contributed by atoms with Crippen molar-refractivity contribution in [1.29, 1.82) is 0 Å². The van der Waals surface area contributed by atoms with Crippen LogP contribution >= 0.6 is 0 Å². The Morgan fingerprint density at radius 1 is 1.33 bits per heavy atom. The molecule has 1 N–H and O–H groups in total. The molecule has 0 spiro atoms. The van der Waals surface area contributed by atoms with Crippen molar-refractivity contribution >= 4 is 5.69 Å². The summed E-state index contributed by atoms with van der Waals surface area (Å²) >= 11 is 0. The number of rotatable bonds is 6. The van der Waals surface area contributed by atoms with Crippen LogP contribution in [-0.2, 0) is 16.1 Å². The van der Waals surface area contributed by atoms with Crippen molar-refractivity contribution < 1.29 is 9.47 Å². The summed E-state index contributed by atoms with van der Waals surface area (Å²) < 4.78 is 10.9. The SMILES string of the molecule is CCOCc1ccc(NC[C@H]2CCC=CO2)cc1. The first-order valence-corrected chi connectivity index (χ1v) is 6.59. The predicted octanol–water partition coefficient (Wildman–Crippen LogP) is 3.33. The van der Waals surface area contributed by atoms with Gasteiger partial charge in [-0.25, -0.2) is 0 Å². The highest BCUT2D eigenvalue weighted by atomic mass is 16.5. The van der Waals surface area contributed by atoms with Gasteiger partial charge in [0.25, 0.3) is 0 Å². The molecule has 1 aromatic rings. The third kappa shape index (κ3) is 4.08. The third-order valence-corrected chi connectivity index (χ3v) is 2.98. The molecule has 0 bridgehead atoms. The highest BCUT2D eigenvalue weighted by Crippen LogP contribution is 2.14. The molecule has 3 nitrogen and oxygen atoms in total. The summed E-state index contributed by atoms with van der Waals surface area (Å²) in [6.07, 6.45) is 6.36. The summed E-state index contributed by atoms with van der Waals surface area (Å²) in [5.41, 5.74) is 2.34. The normalized spacial score (nSPS) is 18.4. The molecule has 0 saturated heterocycles. The maximum absolute atomic E-state index is 5.51. The van der Waals surface area contributed by atoms with Gasteiger partial charge in [0.2, 0.25) is 0 Å². The van der Waals surface area contributed by atoms with E-state index in [9.17, 15) is 0 Å². The molecule has 1 heterocycles. The monoisotopic (exact) mass is 247 g/mol. The van der Waals surface area contributed by atoms with Gasteiger partial charge in [0.15, 0.2) is 0 Å². The summed E-state index contributed by atoms with van der Waals surface area (Å²) in [5, 5.41) is 3.40. The Morgan fingerprint density at radius 2 is 2.17 bits per heavy atom. The minimum atomic E-state index is 0.290. The molecule has 1 aliphatic heterocycles. The second-order valence-corrected chi connectivity index (χ2v) is 4.42. The van der Waals surface area contributed by atoms with Crippen molar-refractivity contribution in [2.75, 3.05) is 18.5 Å². The highest BCUT2D eigenvalue weighted by molar-refractivity contribution is 5.44. The van der Waals surface area contributed by atoms with E-state index in [1.165, 1.54) is 5.56 Å². The maximum atomic E-state index is 5.51. The van der Waals surface area contributed by atoms with Crippen molar-refractivity contribution in [1.82, 2.24) is 0 Å². The standard InChI is InChI=1S/C15H21NO2/c1-2-17-12-13-6-8-14(9-7-13)16-11-15-5-3-4-10-18-15/h4,6-10,15-16H,2-3,5,11-12H2,1H3/t15-/m1/s1. The minimum Gasteiger partial charge on any atom is -0.497 e. The summed E-state index contributed by atoms with van der Waals surface area (Å²) in [4.78, 5) is 0. The van der Waals surface area contributed by atoms with E-state index < -0.39 is 0 Å². The smallest absolute Gasteiger partial charge is 0.115 e. The Balaban J connectivity index is 1.77. The molecule has 0 aromatic heterocycles. The van der Waals surface area contributed by atoms with Crippen LogP contribution in [0, 0.1) is 0 Å². The van der Waals surface area contributed by atoms with Crippen LogP contribution in [0.15, 0.2) is 36.6 Å². The van der Waals surface area contributed by atoms with Crippen LogP contribution in [-0.4, -0.2) is 19.3 Å². The predicted molar refractivity (Wildman–Crippen MR) is 73.5 cm³/mol. The van der Waals surface area contributed by atoms with Gasteiger partial charge in [-0.2, -0.15) is 0 Å². The van der Waals surface area contributed by atoms with Crippen molar-refractivity contribution in [2.45, 2.75) is 32.5 Å². The Hall–Kier alpha value is -1.48. The van der Waals surface area contributed by atoms with Crippen LogP contribution < -0.4 is 5.32 Å². The summed E-state index contributed by atoms with van der Waals surface area (Å²) in [6.45, 7) is 4.31. The first-order chi connectivity index (χ1) is 8.88. The van der Waals surface area contributed by atoms with E-state index in [4.69, 9.17) is 9.47 Å². The van der Waals surface area contributed by atoms with E-state index in [-0.39, 0.29) is 6.10 Å². The van der Waals surface area contributed by atoms with Gasteiger partial charge < -0.3 is 14.8 Å². The molecule has 0 aliphatic carbocycles. The lowest BCUT2D eigenvalue weighted by Gasteiger charge is -2.20. The number of benzene rings is 1. The lowest BCUT2D eigenvalue weighted by atomic mass is 10.1. The number of hydrogen-bond donors (Lipinski definition) is 1. The van der Waals surface area contributed by atoms with E-state index in [1.54, 1.807) is 6.26 Å². The Bertz CT molecular complexity index is 373. The molecule has 1 aliphatic rings. The molecule has 2 rings (SSSR count). The molecule has 0 radical (unpaired) electrons. The Morgan fingerprint density at radius 3 is 2.83 bits per heavy atom. The average molecular weight is 247 g/mol. The number of hydrogen-bond acceptors (Lipinski definition) is 3. The number of ether oxygens (including phenoxy) is 2. The summed E-state index contributed by atoms with van der Waals surface area (Å²) in [7, 11) is 0. The van der Waals surface area contributed by atoms with Crippen molar-refractivity contribution in [3.8, 4) is 0 Å². The highest BCUT2D eigenvalue weighted by Gasteiger charge is 2.09.